The molecule has 0 spiro atoms. The van der Waals surface area contributed by atoms with Gasteiger partial charge in [-0.3, -0.25) is 0 Å². The van der Waals surface area contributed by atoms with Gasteiger partial charge in [-0.1, -0.05) is 24.2 Å². The van der Waals surface area contributed by atoms with Crippen molar-refractivity contribution >= 4 is 0 Å². The second-order valence-electron chi connectivity index (χ2n) is 4.50. The van der Waals surface area contributed by atoms with Gasteiger partial charge in [0.2, 0.25) is 11.7 Å². The highest BCUT2D eigenvalue weighted by Gasteiger charge is 2.07. The molecule has 0 bridgehead atoms. The number of hydrogen-bond acceptors (Lipinski definition) is 5. The van der Waals surface area contributed by atoms with E-state index < -0.39 is 0 Å². The maximum Gasteiger partial charge on any atom is 0.226 e. The number of nitrogens with zero attached hydrogens (tertiary/aromatic N) is 2. The predicted molar refractivity (Wildman–Crippen MR) is 71.7 cm³/mol. The smallest absolute Gasteiger partial charge is 0.226 e. The van der Waals surface area contributed by atoms with Crippen LogP contribution in [-0.2, 0) is 13.0 Å². The van der Waals surface area contributed by atoms with Crippen LogP contribution in [0.4, 0.5) is 0 Å². The van der Waals surface area contributed by atoms with Gasteiger partial charge in [-0.15, -0.1) is 0 Å². The Bertz CT molecular complexity index is 523. The number of hydrogen-bond donors (Lipinski definition) is 1. The molecule has 2 rings (SSSR count). The molecular formula is C14H19N3O2. The van der Waals surface area contributed by atoms with Crippen LogP contribution in [0.2, 0.25) is 0 Å². The maximum atomic E-state index is 5.83. The number of benzene rings is 1. The van der Waals surface area contributed by atoms with Crippen molar-refractivity contribution in [3.63, 3.8) is 0 Å². The van der Waals surface area contributed by atoms with Gasteiger partial charge in [0.15, 0.2) is 6.61 Å². The maximum absolute atomic E-state index is 5.83. The molecule has 0 saturated heterocycles. The van der Waals surface area contributed by atoms with Gasteiger partial charge in [-0.25, -0.2) is 0 Å². The highest BCUT2D eigenvalue weighted by molar-refractivity contribution is 5.30. The van der Waals surface area contributed by atoms with Gasteiger partial charge < -0.3 is 15.0 Å². The van der Waals surface area contributed by atoms with Crippen molar-refractivity contribution in [2.45, 2.75) is 39.3 Å². The zero-order valence-corrected chi connectivity index (χ0v) is 11.3. The van der Waals surface area contributed by atoms with Gasteiger partial charge in [0.05, 0.1) is 0 Å². The summed E-state index contributed by atoms with van der Waals surface area (Å²) in [5.41, 5.74) is 6.87. The molecule has 0 aliphatic carbocycles. The Morgan fingerprint density at radius 1 is 1.42 bits per heavy atom. The Balaban J connectivity index is 1.95. The van der Waals surface area contributed by atoms with Crippen molar-refractivity contribution in [1.82, 2.24) is 10.1 Å². The van der Waals surface area contributed by atoms with Crippen LogP contribution < -0.4 is 10.5 Å². The van der Waals surface area contributed by atoms with Crippen molar-refractivity contribution in [2.75, 3.05) is 0 Å². The Kier molecular flexibility index (Phi) is 4.52. The summed E-state index contributed by atoms with van der Waals surface area (Å²) in [7, 11) is 0. The van der Waals surface area contributed by atoms with E-state index in [0.29, 0.717) is 18.3 Å². The fourth-order valence-corrected chi connectivity index (χ4v) is 1.70. The van der Waals surface area contributed by atoms with E-state index in [2.05, 4.69) is 17.1 Å². The van der Waals surface area contributed by atoms with E-state index in [0.717, 1.165) is 24.2 Å². The van der Waals surface area contributed by atoms with E-state index in [9.17, 15) is 0 Å². The molecular weight excluding hydrogens is 242 g/mol. The van der Waals surface area contributed by atoms with E-state index >= 15 is 0 Å². The first kappa shape index (κ1) is 13.5. The lowest BCUT2D eigenvalue weighted by Crippen LogP contribution is -2.05. The Hall–Kier alpha value is -1.88. The monoisotopic (exact) mass is 261 g/mol. The molecule has 5 heteroatoms. The van der Waals surface area contributed by atoms with Gasteiger partial charge in [-0.2, -0.15) is 4.98 Å². The van der Waals surface area contributed by atoms with Crippen LogP contribution in [0.3, 0.4) is 0 Å². The van der Waals surface area contributed by atoms with E-state index in [1.807, 2.05) is 31.2 Å². The largest absolute Gasteiger partial charge is 0.485 e. The van der Waals surface area contributed by atoms with E-state index in [1.54, 1.807) is 0 Å². The first-order chi connectivity index (χ1) is 9.19. The molecule has 19 heavy (non-hydrogen) atoms. The zero-order chi connectivity index (χ0) is 13.7. The molecule has 0 saturated carbocycles. The minimum absolute atomic E-state index is 0.00937. The molecule has 1 aromatic carbocycles. The first-order valence-corrected chi connectivity index (χ1v) is 6.49. The average Bonchev–Trinajstić information content (AvgIpc) is 2.85. The Morgan fingerprint density at radius 2 is 2.26 bits per heavy atom. The van der Waals surface area contributed by atoms with Crippen molar-refractivity contribution < 1.29 is 9.26 Å². The third-order valence-corrected chi connectivity index (χ3v) is 2.73. The van der Waals surface area contributed by atoms with Crippen LogP contribution in [0, 0.1) is 0 Å². The fraction of sp³-hybridized carbons (Fsp3) is 0.429. The van der Waals surface area contributed by atoms with Gasteiger partial charge in [0.1, 0.15) is 5.75 Å². The van der Waals surface area contributed by atoms with Crippen molar-refractivity contribution in [1.29, 1.82) is 0 Å². The number of aromatic nitrogens is 2. The predicted octanol–water partition coefficient (Wildman–Crippen LogP) is 2.62. The molecule has 2 aromatic rings. The minimum atomic E-state index is -0.00937. The second-order valence-corrected chi connectivity index (χ2v) is 4.50. The topological polar surface area (TPSA) is 74.2 Å². The molecule has 0 fully saturated rings. The summed E-state index contributed by atoms with van der Waals surface area (Å²) in [6, 6.07) is 7.71. The summed E-state index contributed by atoms with van der Waals surface area (Å²) in [6.45, 7) is 4.31. The third-order valence-electron chi connectivity index (χ3n) is 2.73. The molecule has 0 aliphatic heterocycles. The summed E-state index contributed by atoms with van der Waals surface area (Å²) in [4.78, 5) is 4.25. The molecule has 5 nitrogen and oxygen atoms in total. The summed E-state index contributed by atoms with van der Waals surface area (Å²) >= 11 is 0. The normalized spacial score (nSPS) is 12.4. The molecule has 1 aromatic heterocycles. The number of ether oxygens (including phenoxy) is 1. The minimum Gasteiger partial charge on any atom is -0.485 e. The highest BCUT2D eigenvalue weighted by atomic mass is 16.5. The lowest BCUT2D eigenvalue weighted by Gasteiger charge is -2.08. The van der Waals surface area contributed by atoms with Crippen LogP contribution in [0.5, 0.6) is 5.75 Å². The van der Waals surface area contributed by atoms with Crippen LogP contribution in [0.1, 0.15) is 43.6 Å². The second kappa shape index (κ2) is 6.33. The van der Waals surface area contributed by atoms with Crippen LogP contribution in [0.25, 0.3) is 0 Å². The number of rotatable bonds is 6. The van der Waals surface area contributed by atoms with Crippen molar-refractivity contribution in [2.24, 2.45) is 5.73 Å². The molecule has 0 aliphatic rings. The van der Waals surface area contributed by atoms with Crippen molar-refractivity contribution in [3.8, 4) is 5.75 Å². The molecule has 102 valence electrons. The van der Waals surface area contributed by atoms with E-state index in [1.165, 1.54) is 0 Å². The zero-order valence-electron chi connectivity index (χ0n) is 11.3. The lowest BCUT2D eigenvalue weighted by atomic mass is 10.1. The van der Waals surface area contributed by atoms with Gasteiger partial charge in [0.25, 0.3) is 0 Å². The van der Waals surface area contributed by atoms with Crippen LogP contribution >= 0.6 is 0 Å². The molecule has 2 N–H and O–H groups in total. The van der Waals surface area contributed by atoms with Crippen LogP contribution in [0.15, 0.2) is 28.8 Å². The van der Waals surface area contributed by atoms with Gasteiger partial charge >= 0.3 is 0 Å². The third kappa shape index (κ3) is 3.79. The number of nitrogens with two attached hydrogens (primary N) is 1. The van der Waals surface area contributed by atoms with E-state index in [-0.39, 0.29) is 6.04 Å². The average molecular weight is 261 g/mol. The summed E-state index contributed by atoms with van der Waals surface area (Å²) < 4.78 is 10.7. The summed E-state index contributed by atoms with van der Waals surface area (Å²) in [6.07, 6.45) is 1.78. The molecule has 0 amide bonds. The molecule has 1 atom stereocenters. The quantitative estimate of drug-likeness (QED) is 0.865. The molecule has 1 heterocycles. The fourth-order valence-electron chi connectivity index (χ4n) is 1.70. The summed E-state index contributed by atoms with van der Waals surface area (Å²) in [5.74, 6) is 1.98. The SMILES string of the molecule is CCCc1nc(COc2cccc([C@@H](C)N)c2)no1. The standard InChI is InChI=1S/C14H19N3O2/c1-3-5-14-16-13(17-19-14)9-18-12-7-4-6-11(8-12)10(2)15/h4,6-8,10H,3,5,9,15H2,1-2H3/t10-/m1/s1. The molecule has 0 radical (unpaired) electrons. The van der Waals surface area contributed by atoms with Gasteiger partial charge in [0, 0.05) is 12.5 Å². The van der Waals surface area contributed by atoms with Crippen LogP contribution in [-0.4, -0.2) is 10.1 Å². The van der Waals surface area contributed by atoms with Gasteiger partial charge in [-0.05, 0) is 31.0 Å². The van der Waals surface area contributed by atoms with E-state index in [4.69, 9.17) is 15.0 Å². The lowest BCUT2D eigenvalue weighted by molar-refractivity contribution is 0.284. The molecule has 0 unspecified atom stereocenters. The summed E-state index contributed by atoms with van der Waals surface area (Å²) in [5, 5.41) is 3.87. The Morgan fingerprint density at radius 3 is 3.00 bits per heavy atom. The first-order valence-electron chi connectivity index (χ1n) is 6.49. The Labute approximate surface area is 112 Å². The highest BCUT2D eigenvalue weighted by Crippen LogP contribution is 2.18. The van der Waals surface area contributed by atoms with Crippen molar-refractivity contribution in [3.05, 3.63) is 41.5 Å². The number of aryl methyl sites for hydroxylation is 1.